The third-order valence-corrected chi connectivity index (χ3v) is 7.99. The van der Waals surface area contributed by atoms with Crippen LogP contribution >= 0.6 is 35.0 Å². The smallest absolute Gasteiger partial charge is 0.242 e. The maximum Gasteiger partial charge on any atom is 0.242 e. The van der Waals surface area contributed by atoms with Crippen molar-refractivity contribution in [2.75, 3.05) is 10.6 Å². The molecule has 2 amide bonds. The first kappa shape index (κ1) is 24.6. The van der Waals surface area contributed by atoms with Gasteiger partial charge in [0.05, 0.1) is 15.7 Å². The quantitative estimate of drug-likeness (QED) is 0.315. The highest BCUT2D eigenvalue weighted by Gasteiger charge is 2.24. The summed E-state index contributed by atoms with van der Waals surface area (Å²) in [6.07, 6.45) is 5.39. The van der Waals surface area contributed by atoms with Crippen LogP contribution in [0.25, 0.3) is 0 Å². The Hall–Kier alpha value is -2.47. The van der Waals surface area contributed by atoms with Gasteiger partial charge in [-0.25, -0.2) is 0 Å². The van der Waals surface area contributed by atoms with E-state index in [4.69, 9.17) is 23.2 Å². The summed E-state index contributed by atoms with van der Waals surface area (Å²) in [5.41, 5.74) is 2.12. The summed E-state index contributed by atoms with van der Waals surface area (Å²) in [5.74, 6) is 0.00219. The van der Waals surface area contributed by atoms with Gasteiger partial charge in [-0.15, -0.1) is 11.8 Å². The molecule has 2 N–H and O–H groups in total. The molecule has 176 valence electrons. The largest absolute Gasteiger partial charge is 0.326 e. The summed E-state index contributed by atoms with van der Waals surface area (Å²) in [4.78, 5) is 26.7. The molecule has 1 aliphatic rings. The second kappa shape index (κ2) is 11.8. The van der Waals surface area contributed by atoms with Gasteiger partial charge in [-0.3, -0.25) is 9.59 Å². The Kier molecular flexibility index (Phi) is 8.54. The van der Waals surface area contributed by atoms with Crippen molar-refractivity contribution in [1.29, 1.82) is 0 Å². The Balaban J connectivity index is 1.47. The molecule has 1 atom stereocenters. The van der Waals surface area contributed by atoms with Gasteiger partial charge in [0.15, 0.2) is 0 Å². The number of hydrogen-bond acceptors (Lipinski definition) is 3. The Morgan fingerprint density at radius 2 is 1.53 bits per heavy atom. The lowest BCUT2D eigenvalue weighted by Crippen LogP contribution is -2.24. The summed E-state index contributed by atoms with van der Waals surface area (Å²) in [5, 5.41) is 6.14. The first-order chi connectivity index (χ1) is 16.5. The van der Waals surface area contributed by atoms with Crippen LogP contribution in [0.2, 0.25) is 10.0 Å². The molecule has 1 fully saturated rings. The maximum atomic E-state index is 13.3. The molecule has 7 heteroatoms. The molecule has 1 saturated carbocycles. The summed E-state index contributed by atoms with van der Waals surface area (Å²) < 4.78 is 0. The monoisotopic (exact) mass is 512 g/mol. The van der Waals surface area contributed by atoms with Crippen LogP contribution in [-0.4, -0.2) is 11.8 Å². The molecule has 3 aromatic carbocycles. The Morgan fingerprint density at radius 3 is 2.24 bits per heavy atom. The molecular formula is C27H26Cl2N2O2S. The number of benzene rings is 3. The minimum Gasteiger partial charge on any atom is -0.326 e. The van der Waals surface area contributed by atoms with E-state index in [2.05, 4.69) is 10.6 Å². The average molecular weight is 513 g/mol. The van der Waals surface area contributed by atoms with E-state index in [9.17, 15) is 9.59 Å². The van der Waals surface area contributed by atoms with Crippen LogP contribution in [0.15, 0.2) is 77.7 Å². The van der Waals surface area contributed by atoms with Crippen molar-refractivity contribution in [2.24, 2.45) is 5.92 Å². The fourth-order valence-electron chi connectivity index (χ4n) is 4.06. The van der Waals surface area contributed by atoms with Crippen LogP contribution in [0.4, 0.5) is 11.4 Å². The molecule has 0 aromatic heterocycles. The number of carbonyl (C=O) groups is 2. The lowest BCUT2D eigenvalue weighted by Gasteiger charge is -2.21. The normalized spacial score (nSPS) is 14.9. The highest BCUT2D eigenvalue weighted by atomic mass is 35.5. The van der Waals surface area contributed by atoms with Crippen molar-refractivity contribution in [3.05, 3.63) is 88.4 Å². The highest BCUT2D eigenvalue weighted by Crippen LogP contribution is 2.38. The first-order valence-corrected chi connectivity index (χ1v) is 13.0. The zero-order chi connectivity index (χ0) is 23.9. The van der Waals surface area contributed by atoms with E-state index < -0.39 is 5.25 Å². The molecule has 1 unspecified atom stereocenters. The SMILES string of the molecule is O=C(Nc1ccc(SC(C(=O)Nc2cccc(Cl)c2Cl)c2ccccc2)cc1)C1CCCCC1. The summed E-state index contributed by atoms with van der Waals surface area (Å²) in [6, 6.07) is 22.4. The van der Waals surface area contributed by atoms with Crippen LogP contribution in [0.1, 0.15) is 42.9 Å². The molecule has 0 heterocycles. The van der Waals surface area contributed by atoms with Crippen molar-refractivity contribution in [3.8, 4) is 0 Å². The molecule has 34 heavy (non-hydrogen) atoms. The lowest BCUT2D eigenvalue weighted by atomic mass is 9.88. The van der Waals surface area contributed by atoms with Gasteiger partial charge in [-0.05, 0) is 54.8 Å². The summed E-state index contributed by atoms with van der Waals surface area (Å²) in [6.45, 7) is 0. The molecule has 0 spiro atoms. The van der Waals surface area contributed by atoms with E-state index in [0.717, 1.165) is 41.8 Å². The molecule has 1 aliphatic carbocycles. The zero-order valence-electron chi connectivity index (χ0n) is 18.6. The van der Waals surface area contributed by atoms with E-state index in [1.807, 2.05) is 54.6 Å². The van der Waals surface area contributed by atoms with Gasteiger partial charge in [0, 0.05) is 16.5 Å². The molecule has 0 aliphatic heterocycles. The third-order valence-electron chi connectivity index (χ3n) is 5.90. The molecule has 3 aromatic rings. The number of rotatable bonds is 7. The highest BCUT2D eigenvalue weighted by molar-refractivity contribution is 8.00. The predicted octanol–water partition coefficient (Wildman–Crippen LogP) is 7.98. The van der Waals surface area contributed by atoms with Gasteiger partial charge in [0.25, 0.3) is 0 Å². The second-order valence-electron chi connectivity index (χ2n) is 8.35. The van der Waals surface area contributed by atoms with Crippen LogP contribution in [0.3, 0.4) is 0 Å². The van der Waals surface area contributed by atoms with Gasteiger partial charge in [-0.1, -0.05) is 78.9 Å². The number of anilines is 2. The number of hydrogen-bond donors (Lipinski definition) is 2. The fraction of sp³-hybridized carbons (Fsp3) is 0.259. The van der Waals surface area contributed by atoms with Gasteiger partial charge in [-0.2, -0.15) is 0 Å². The maximum absolute atomic E-state index is 13.3. The van der Waals surface area contributed by atoms with Gasteiger partial charge >= 0.3 is 0 Å². The van der Waals surface area contributed by atoms with Crippen LogP contribution in [-0.2, 0) is 9.59 Å². The second-order valence-corrected chi connectivity index (χ2v) is 10.3. The van der Waals surface area contributed by atoms with Crippen LogP contribution < -0.4 is 10.6 Å². The molecule has 0 saturated heterocycles. The molecular weight excluding hydrogens is 487 g/mol. The number of carbonyl (C=O) groups excluding carboxylic acids is 2. The molecule has 0 radical (unpaired) electrons. The molecule has 4 nitrogen and oxygen atoms in total. The van der Waals surface area contributed by atoms with Gasteiger partial charge in [0.2, 0.25) is 11.8 Å². The van der Waals surface area contributed by atoms with Gasteiger partial charge in [0.1, 0.15) is 5.25 Å². The molecule has 4 rings (SSSR count). The van der Waals surface area contributed by atoms with E-state index in [1.165, 1.54) is 18.2 Å². The van der Waals surface area contributed by atoms with E-state index in [-0.39, 0.29) is 17.7 Å². The fourth-order valence-corrected chi connectivity index (χ4v) is 5.43. The number of nitrogens with one attached hydrogen (secondary N) is 2. The topological polar surface area (TPSA) is 58.2 Å². The summed E-state index contributed by atoms with van der Waals surface area (Å²) in [7, 11) is 0. The van der Waals surface area contributed by atoms with Gasteiger partial charge < -0.3 is 10.6 Å². The third kappa shape index (κ3) is 6.35. The Morgan fingerprint density at radius 1 is 0.824 bits per heavy atom. The van der Waals surface area contributed by atoms with Crippen LogP contribution in [0.5, 0.6) is 0 Å². The van der Waals surface area contributed by atoms with Crippen molar-refractivity contribution in [1.82, 2.24) is 0 Å². The average Bonchev–Trinajstić information content (AvgIpc) is 2.87. The van der Waals surface area contributed by atoms with E-state index in [0.29, 0.717) is 15.7 Å². The number of thioether (sulfide) groups is 1. The van der Waals surface area contributed by atoms with Crippen LogP contribution in [0, 0.1) is 5.92 Å². The number of halogens is 2. The number of amides is 2. The van der Waals surface area contributed by atoms with E-state index >= 15 is 0 Å². The van der Waals surface area contributed by atoms with E-state index in [1.54, 1.807) is 18.2 Å². The predicted molar refractivity (Wildman–Crippen MR) is 142 cm³/mol. The summed E-state index contributed by atoms with van der Waals surface area (Å²) >= 11 is 13.8. The lowest BCUT2D eigenvalue weighted by molar-refractivity contribution is -0.120. The minimum atomic E-state index is -0.501. The Labute approximate surface area is 214 Å². The van der Waals surface area contributed by atoms with Crippen molar-refractivity contribution in [3.63, 3.8) is 0 Å². The Bertz CT molecular complexity index is 1130. The zero-order valence-corrected chi connectivity index (χ0v) is 20.9. The van der Waals surface area contributed by atoms with Crippen molar-refractivity contribution < 1.29 is 9.59 Å². The van der Waals surface area contributed by atoms with Crippen molar-refractivity contribution in [2.45, 2.75) is 42.2 Å². The molecule has 0 bridgehead atoms. The van der Waals surface area contributed by atoms with Crippen molar-refractivity contribution >= 4 is 58.2 Å². The standard InChI is InChI=1S/C27H26Cl2N2O2S/c28-22-12-7-13-23(24(22)29)31-27(33)25(18-8-3-1-4-9-18)34-21-16-14-20(15-17-21)30-26(32)19-10-5-2-6-11-19/h1,3-4,7-9,12-17,19,25H,2,5-6,10-11H2,(H,30,32)(H,31,33). The minimum absolute atomic E-state index is 0.0973. The first-order valence-electron chi connectivity index (χ1n) is 11.4.